The van der Waals surface area contributed by atoms with Gasteiger partial charge in [0.25, 0.3) is 0 Å². The van der Waals surface area contributed by atoms with Crippen molar-refractivity contribution < 1.29 is 33.8 Å². The van der Waals surface area contributed by atoms with Gasteiger partial charge in [-0.05, 0) is 31.0 Å². The molecule has 0 spiro atoms. The quantitative estimate of drug-likeness (QED) is 0.327. The number of aliphatic carboxylic acids is 1. The number of carbonyl (C=O) groups excluding carboxylic acids is 3. The SMILES string of the molecule is Cc1c(CCC(=O)NCC(=O)NCC(=O)NCC(=O)O)c(=O)oc2cc(O)ccc12. The van der Waals surface area contributed by atoms with Crippen molar-refractivity contribution in [1.29, 1.82) is 0 Å². The fraction of sp³-hybridized carbons (Fsp3) is 0.316. The minimum atomic E-state index is -1.21. The van der Waals surface area contributed by atoms with E-state index in [9.17, 15) is 29.1 Å². The van der Waals surface area contributed by atoms with Gasteiger partial charge in [0.2, 0.25) is 17.7 Å². The van der Waals surface area contributed by atoms with Gasteiger partial charge in [0.15, 0.2) is 0 Å². The monoisotopic (exact) mass is 419 g/mol. The van der Waals surface area contributed by atoms with Crippen LogP contribution in [0.5, 0.6) is 5.75 Å². The number of carboxylic acids is 1. The van der Waals surface area contributed by atoms with Crippen molar-refractivity contribution in [2.24, 2.45) is 0 Å². The minimum Gasteiger partial charge on any atom is -0.508 e. The summed E-state index contributed by atoms with van der Waals surface area (Å²) in [6.45, 7) is 0.353. The highest BCUT2D eigenvalue weighted by Crippen LogP contribution is 2.23. The van der Waals surface area contributed by atoms with E-state index in [1.54, 1.807) is 13.0 Å². The number of fused-ring (bicyclic) bond motifs is 1. The lowest BCUT2D eigenvalue weighted by Gasteiger charge is -2.09. The number of carbonyl (C=O) groups is 4. The standard InChI is InChI=1S/C19H21N3O8/c1-10-12-3-2-11(23)6-14(12)30-19(29)13(10)4-5-15(24)20-7-16(25)21-8-17(26)22-9-18(27)28/h2-3,6,23H,4-5,7-9H2,1H3,(H,20,24)(H,21,25)(H,22,26)(H,27,28). The van der Waals surface area contributed by atoms with Gasteiger partial charge in [-0.1, -0.05) is 0 Å². The van der Waals surface area contributed by atoms with E-state index in [1.807, 2.05) is 0 Å². The maximum absolute atomic E-state index is 12.2. The topological polar surface area (TPSA) is 175 Å². The number of rotatable bonds is 9. The summed E-state index contributed by atoms with van der Waals surface area (Å²) in [6.07, 6.45) is 0.0254. The van der Waals surface area contributed by atoms with Crippen molar-refractivity contribution >= 4 is 34.7 Å². The predicted molar refractivity (Wildman–Crippen MR) is 104 cm³/mol. The first-order valence-corrected chi connectivity index (χ1v) is 8.94. The lowest BCUT2D eigenvalue weighted by atomic mass is 10.0. The lowest BCUT2D eigenvalue weighted by Crippen LogP contribution is -2.43. The molecule has 3 amide bonds. The molecule has 0 unspecified atom stereocenters. The van der Waals surface area contributed by atoms with Gasteiger partial charge >= 0.3 is 11.6 Å². The number of amides is 3. The van der Waals surface area contributed by atoms with Crippen LogP contribution in [0.15, 0.2) is 27.4 Å². The zero-order valence-electron chi connectivity index (χ0n) is 16.1. The van der Waals surface area contributed by atoms with Crippen LogP contribution in [0.4, 0.5) is 0 Å². The van der Waals surface area contributed by atoms with Gasteiger partial charge in [0.05, 0.1) is 13.1 Å². The Bertz CT molecular complexity index is 1040. The largest absolute Gasteiger partial charge is 0.508 e. The van der Waals surface area contributed by atoms with E-state index in [2.05, 4.69) is 16.0 Å². The summed E-state index contributed by atoms with van der Waals surface area (Å²) in [5.41, 5.74) is 0.598. The van der Waals surface area contributed by atoms with Crippen LogP contribution in [0.3, 0.4) is 0 Å². The second-order valence-electron chi connectivity index (χ2n) is 6.40. The van der Waals surface area contributed by atoms with Gasteiger partial charge in [-0.2, -0.15) is 0 Å². The van der Waals surface area contributed by atoms with Crippen LogP contribution in [0, 0.1) is 6.92 Å². The Kier molecular flexibility index (Phi) is 7.50. The third-order valence-electron chi connectivity index (χ3n) is 4.20. The van der Waals surface area contributed by atoms with Gasteiger partial charge in [0.1, 0.15) is 17.9 Å². The summed E-state index contributed by atoms with van der Waals surface area (Å²) < 4.78 is 5.19. The normalized spacial score (nSPS) is 10.4. The molecule has 0 saturated carbocycles. The molecule has 0 saturated heterocycles. The molecule has 0 radical (unpaired) electrons. The number of phenols is 1. The van der Waals surface area contributed by atoms with Gasteiger partial charge in [-0.25, -0.2) is 4.79 Å². The molecule has 1 aromatic heterocycles. The van der Waals surface area contributed by atoms with Crippen LogP contribution >= 0.6 is 0 Å². The Balaban J connectivity index is 1.83. The number of carboxylic acid groups (broad SMARTS) is 1. The highest BCUT2D eigenvalue weighted by molar-refractivity contribution is 5.89. The Morgan fingerprint density at radius 3 is 2.20 bits per heavy atom. The molecular weight excluding hydrogens is 398 g/mol. The van der Waals surface area contributed by atoms with Crippen LogP contribution in [0.2, 0.25) is 0 Å². The molecule has 11 heteroatoms. The van der Waals surface area contributed by atoms with Crippen molar-refractivity contribution in [2.75, 3.05) is 19.6 Å². The summed E-state index contributed by atoms with van der Waals surface area (Å²) in [5.74, 6) is -3.03. The Morgan fingerprint density at radius 1 is 0.967 bits per heavy atom. The van der Waals surface area contributed by atoms with E-state index in [0.717, 1.165) is 0 Å². The van der Waals surface area contributed by atoms with E-state index in [0.29, 0.717) is 16.5 Å². The Morgan fingerprint density at radius 2 is 1.57 bits per heavy atom. The zero-order chi connectivity index (χ0) is 22.3. The number of phenolic OH excluding ortho intramolecular Hbond substituents is 1. The summed E-state index contributed by atoms with van der Waals surface area (Å²) in [7, 11) is 0. The minimum absolute atomic E-state index is 0.0326. The number of aryl methyl sites for hydroxylation is 1. The van der Waals surface area contributed by atoms with Crippen molar-refractivity contribution in [3.8, 4) is 5.75 Å². The molecule has 5 N–H and O–H groups in total. The summed E-state index contributed by atoms with van der Waals surface area (Å²) in [4.78, 5) is 57.4. The van der Waals surface area contributed by atoms with Gasteiger partial charge in [-0.15, -0.1) is 0 Å². The molecule has 0 aliphatic heterocycles. The van der Waals surface area contributed by atoms with Crippen molar-refractivity contribution in [2.45, 2.75) is 19.8 Å². The number of hydrogen-bond acceptors (Lipinski definition) is 7. The maximum atomic E-state index is 12.2. The molecule has 2 aromatic rings. The van der Waals surface area contributed by atoms with Crippen LogP contribution in [-0.2, 0) is 25.6 Å². The number of benzene rings is 1. The zero-order valence-corrected chi connectivity index (χ0v) is 16.1. The molecule has 1 heterocycles. The third kappa shape index (κ3) is 6.33. The fourth-order valence-corrected chi connectivity index (χ4v) is 2.66. The molecule has 30 heavy (non-hydrogen) atoms. The summed E-state index contributed by atoms with van der Waals surface area (Å²) in [5, 5.41) is 25.2. The van der Waals surface area contributed by atoms with Gasteiger partial charge < -0.3 is 30.6 Å². The Labute approximate surface area is 170 Å². The van der Waals surface area contributed by atoms with E-state index >= 15 is 0 Å². The van der Waals surface area contributed by atoms with E-state index in [1.165, 1.54) is 12.1 Å². The fourth-order valence-electron chi connectivity index (χ4n) is 2.66. The molecule has 1 aromatic carbocycles. The van der Waals surface area contributed by atoms with Crippen LogP contribution in [0.25, 0.3) is 11.0 Å². The highest BCUT2D eigenvalue weighted by atomic mass is 16.4. The Hall–Kier alpha value is -3.89. The molecule has 0 bridgehead atoms. The third-order valence-corrected chi connectivity index (χ3v) is 4.20. The second-order valence-corrected chi connectivity index (χ2v) is 6.40. The predicted octanol–water partition coefficient (Wildman–Crippen LogP) is -0.827. The van der Waals surface area contributed by atoms with Crippen molar-refractivity contribution in [3.05, 3.63) is 39.7 Å². The first kappa shape index (κ1) is 22.4. The smallest absolute Gasteiger partial charge is 0.339 e. The molecule has 11 nitrogen and oxygen atoms in total. The van der Waals surface area contributed by atoms with Crippen LogP contribution in [-0.4, -0.2) is 53.5 Å². The molecule has 0 atom stereocenters. The maximum Gasteiger partial charge on any atom is 0.339 e. The number of aromatic hydroxyl groups is 1. The van der Waals surface area contributed by atoms with E-state index < -0.39 is 42.4 Å². The van der Waals surface area contributed by atoms with Crippen LogP contribution in [0.1, 0.15) is 17.5 Å². The molecule has 0 aliphatic carbocycles. The molecule has 0 fully saturated rings. The number of hydrogen-bond donors (Lipinski definition) is 5. The average Bonchev–Trinajstić information content (AvgIpc) is 2.68. The molecule has 160 valence electrons. The molecule has 0 aliphatic rings. The highest BCUT2D eigenvalue weighted by Gasteiger charge is 2.14. The first-order chi connectivity index (χ1) is 14.2. The van der Waals surface area contributed by atoms with Gasteiger partial charge in [0, 0.05) is 23.4 Å². The van der Waals surface area contributed by atoms with Gasteiger partial charge in [-0.3, -0.25) is 19.2 Å². The summed E-state index contributed by atoms with van der Waals surface area (Å²) >= 11 is 0. The molecule has 2 rings (SSSR count). The molecular formula is C19H21N3O8. The van der Waals surface area contributed by atoms with Crippen LogP contribution < -0.4 is 21.6 Å². The summed E-state index contributed by atoms with van der Waals surface area (Å²) in [6, 6.07) is 4.41. The van der Waals surface area contributed by atoms with Crippen molar-refractivity contribution in [1.82, 2.24) is 16.0 Å². The van der Waals surface area contributed by atoms with Crippen molar-refractivity contribution in [3.63, 3.8) is 0 Å². The average molecular weight is 419 g/mol. The van der Waals surface area contributed by atoms with E-state index in [-0.39, 0.29) is 30.7 Å². The second kappa shape index (κ2) is 10.0. The van der Waals surface area contributed by atoms with E-state index in [4.69, 9.17) is 9.52 Å². The first-order valence-electron chi connectivity index (χ1n) is 8.94. The number of nitrogens with one attached hydrogen (secondary N) is 3. The lowest BCUT2D eigenvalue weighted by molar-refractivity contribution is -0.137.